The minimum absolute atomic E-state index is 0.108. The fourth-order valence-electron chi connectivity index (χ4n) is 2.55. The van der Waals surface area contributed by atoms with E-state index in [9.17, 15) is 4.79 Å². The molecule has 6 heteroatoms. The van der Waals surface area contributed by atoms with Gasteiger partial charge in [-0.15, -0.1) is 0 Å². The Bertz CT molecular complexity index is 915. The highest BCUT2D eigenvalue weighted by Crippen LogP contribution is 2.17. The lowest BCUT2D eigenvalue weighted by Crippen LogP contribution is -2.25. The van der Waals surface area contributed by atoms with Gasteiger partial charge in [-0.3, -0.25) is 9.78 Å². The Morgan fingerprint density at radius 1 is 1.26 bits per heavy atom. The van der Waals surface area contributed by atoms with Crippen LogP contribution in [0.25, 0.3) is 10.9 Å². The summed E-state index contributed by atoms with van der Waals surface area (Å²) in [6.45, 7) is 7.82. The SMILES string of the molecule is CC.CCc1nc(C)ccc1OCC(=O)N/N=C/c1cccc2[nH]ccc12. The molecule has 1 amide bonds. The normalized spacial score (nSPS) is 10.5. The van der Waals surface area contributed by atoms with E-state index in [0.717, 1.165) is 34.3 Å². The van der Waals surface area contributed by atoms with E-state index in [4.69, 9.17) is 4.74 Å². The molecule has 2 aromatic heterocycles. The van der Waals surface area contributed by atoms with Crippen LogP contribution in [0, 0.1) is 6.92 Å². The van der Waals surface area contributed by atoms with E-state index in [0.29, 0.717) is 5.75 Å². The standard InChI is InChI=1S/C19H20N4O2.C2H6/c1-3-16-18(8-7-13(2)22-16)25-12-19(24)23-21-11-14-5-4-6-17-15(14)9-10-20-17;1-2/h4-11,20H,3,12H2,1-2H3,(H,23,24);1-2H3/b21-11+;. The summed E-state index contributed by atoms with van der Waals surface area (Å²) in [6, 6.07) is 11.5. The van der Waals surface area contributed by atoms with Crippen LogP contribution in [0.3, 0.4) is 0 Å². The Kier molecular flexibility index (Phi) is 7.55. The van der Waals surface area contributed by atoms with Crippen LogP contribution in [0.4, 0.5) is 0 Å². The number of nitrogens with one attached hydrogen (secondary N) is 2. The van der Waals surface area contributed by atoms with Gasteiger partial charge in [0.15, 0.2) is 6.61 Å². The van der Waals surface area contributed by atoms with Crippen LogP contribution in [-0.2, 0) is 11.2 Å². The maximum Gasteiger partial charge on any atom is 0.277 e. The summed E-state index contributed by atoms with van der Waals surface area (Å²) < 4.78 is 5.55. The number of ether oxygens (including phenoxy) is 1. The molecular formula is C21H26N4O2. The number of hydrogen-bond donors (Lipinski definition) is 2. The van der Waals surface area contributed by atoms with Gasteiger partial charge in [0.2, 0.25) is 0 Å². The number of rotatable bonds is 6. The van der Waals surface area contributed by atoms with Crippen LogP contribution in [-0.4, -0.2) is 28.7 Å². The summed E-state index contributed by atoms with van der Waals surface area (Å²) in [5.74, 6) is 0.310. The van der Waals surface area contributed by atoms with Crippen LogP contribution >= 0.6 is 0 Å². The molecule has 2 N–H and O–H groups in total. The number of H-pyrrole nitrogens is 1. The van der Waals surface area contributed by atoms with Gasteiger partial charge in [-0.1, -0.05) is 32.9 Å². The number of aromatic amines is 1. The van der Waals surface area contributed by atoms with Crippen molar-refractivity contribution in [3.63, 3.8) is 0 Å². The highest BCUT2D eigenvalue weighted by Gasteiger charge is 2.07. The van der Waals surface area contributed by atoms with E-state index in [1.54, 1.807) is 6.21 Å². The number of pyridine rings is 1. The summed E-state index contributed by atoms with van der Waals surface area (Å²) in [6.07, 6.45) is 4.24. The maximum absolute atomic E-state index is 11.9. The van der Waals surface area contributed by atoms with Crippen molar-refractivity contribution in [1.29, 1.82) is 0 Å². The van der Waals surface area contributed by atoms with E-state index < -0.39 is 0 Å². The molecule has 27 heavy (non-hydrogen) atoms. The largest absolute Gasteiger partial charge is 0.482 e. The number of fused-ring (bicyclic) bond motifs is 1. The molecule has 142 valence electrons. The average molecular weight is 366 g/mol. The van der Waals surface area contributed by atoms with Gasteiger partial charge in [-0.05, 0) is 37.6 Å². The zero-order valence-corrected chi connectivity index (χ0v) is 16.2. The van der Waals surface area contributed by atoms with Crippen LogP contribution in [0.2, 0.25) is 0 Å². The second-order valence-corrected chi connectivity index (χ2v) is 5.62. The zero-order chi connectivity index (χ0) is 19.6. The number of amides is 1. The van der Waals surface area contributed by atoms with Crippen molar-refractivity contribution in [2.45, 2.75) is 34.1 Å². The van der Waals surface area contributed by atoms with E-state index in [2.05, 4.69) is 20.5 Å². The lowest BCUT2D eigenvalue weighted by atomic mass is 10.1. The Morgan fingerprint density at radius 3 is 2.85 bits per heavy atom. The number of aryl methyl sites for hydroxylation is 2. The van der Waals surface area contributed by atoms with Crippen molar-refractivity contribution >= 4 is 23.0 Å². The van der Waals surface area contributed by atoms with Gasteiger partial charge in [-0.2, -0.15) is 5.10 Å². The predicted molar refractivity (Wildman–Crippen MR) is 109 cm³/mol. The van der Waals surface area contributed by atoms with Gasteiger partial charge >= 0.3 is 0 Å². The third-order valence-electron chi connectivity index (χ3n) is 3.79. The molecule has 6 nitrogen and oxygen atoms in total. The molecule has 0 saturated heterocycles. The topological polar surface area (TPSA) is 79.4 Å². The van der Waals surface area contributed by atoms with Gasteiger partial charge < -0.3 is 9.72 Å². The fourth-order valence-corrected chi connectivity index (χ4v) is 2.55. The molecule has 0 fully saturated rings. The number of benzene rings is 1. The summed E-state index contributed by atoms with van der Waals surface area (Å²) in [7, 11) is 0. The summed E-state index contributed by atoms with van der Waals surface area (Å²) in [5.41, 5.74) is 6.21. The molecule has 3 aromatic rings. The quantitative estimate of drug-likeness (QED) is 0.511. The molecule has 0 saturated carbocycles. The van der Waals surface area contributed by atoms with E-state index >= 15 is 0 Å². The zero-order valence-electron chi connectivity index (χ0n) is 16.2. The molecule has 0 radical (unpaired) electrons. The smallest absolute Gasteiger partial charge is 0.277 e. The van der Waals surface area contributed by atoms with Gasteiger partial charge in [0.05, 0.1) is 11.9 Å². The molecule has 0 aliphatic heterocycles. The van der Waals surface area contributed by atoms with Crippen molar-refractivity contribution in [3.05, 3.63) is 59.5 Å². The first-order valence-electron chi connectivity index (χ1n) is 9.14. The minimum Gasteiger partial charge on any atom is -0.482 e. The number of carbonyl (C=O) groups is 1. The Hall–Kier alpha value is -3.15. The molecule has 0 unspecified atom stereocenters. The van der Waals surface area contributed by atoms with Crippen molar-refractivity contribution in [3.8, 4) is 5.75 Å². The van der Waals surface area contributed by atoms with Gasteiger partial charge in [-0.25, -0.2) is 5.43 Å². The van der Waals surface area contributed by atoms with Crippen molar-refractivity contribution in [1.82, 2.24) is 15.4 Å². The number of hydrazone groups is 1. The molecule has 3 rings (SSSR count). The lowest BCUT2D eigenvalue weighted by molar-refractivity contribution is -0.123. The van der Waals surface area contributed by atoms with Crippen LogP contribution in [0.1, 0.15) is 37.7 Å². The molecule has 1 aromatic carbocycles. The number of hydrogen-bond acceptors (Lipinski definition) is 4. The molecule has 0 aliphatic rings. The van der Waals surface area contributed by atoms with Crippen molar-refractivity contribution in [2.75, 3.05) is 6.61 Å². The third-order valence-corrected chi connectivity index (χ3v) is 3.79. The Balaban J connectivity index is 0.00000126. The number of nitrogens with zero attached hydrogens (tertiary/aromatic N) is 2. The van der Waals surface area contributed by atoms with Gasteiger partial charge in [0.25, 0.3) is 5.91 Å². The first-order chi connectivity index (χ1) is 13.2. The van der Waals surface area contributed by atoms with Crippen LogP contribution in [0.5, 0.6) is 5.75 Å². The van der Waals surface area contributed by atoms with Gasteiger partial charge in [0, 0.05) is 28.4 Å². The predicted octanol–water partition coefficient (Wildman–Crippen LogP) is 3.99. The van der Waals surface area contributed by atoms with E-state index in [1.165, 1.54) is 0 Å². The summed E-state index contributed by atoms with van der Waals surface area (Å²) in [5, 5.41) is 5.06. The molecule has 0 atom stereocenters. The number of carbonyl (C=O) groups excluding carboxylic acids is 1. The van der Waals surface area contributed by atoms with E-state index in [-0.39, 0.29) is 12.5 Å². The van der Waals surface area contributed by atoms with E-state index in [1.807, 2.05) is 70.3 Å². The first kappa shape index (κ1) is 20.2. The summed E-state index contributed by atoms with van der Waals surface area (Å²) >= 11 is 0. The molecule has 0 spiro atoms. The van der Waals surface area contributed by atoms with Crippen molar-refractivity contribution in [2.24, 2.45) is 5.10 Å². The maximum atomic E-state index is 11.9. The second-order valence-electron chi connectivity index (χ2n) is 5.62. The summed E-state index contributed by atoms with van der Waals surface area (Å²) in [4.78, 5) is 19.5. The minimum atomic E-state index is -0.319. The molecule has 0 aliphatic carbocycles. The van der Waals surface area contributed by atoms with Gasteiger partial charge in [0.1, 0.15) is 5.75 Å². The number of aromatic nitrogens is 2. The Morgan fingerprint density at radius 2 is 2.07 bits per heavy atom. The molecular weight excluding hydrogens is 340 g/mol. The fraction of sp³-hybridized carbons (Fsp3) is 0.286. The van der Waals surface area contributed by atoms with Crippen LogP contribution < -0.4 is 10.2 Å². The first-order valence-corrected chi connectivity index (χ1v) is 9.14. The second kappa shape index (κ2) is 10.1. The highest BCUT2D eigenvalue weighted by atomic mass is 16.5. The van der Waals surface area contributed by atoms with Crippen molar-refractivity contribution < 1.29 is 9.53 Å². The molecule has 2 heterocycles. The van der Waals surface area contributed by atoms with Crippen LogP contribution in [0.15, 0.2) is 47.7 Å². The third kappa shape index (κ3) is 5.41. The highest BCUT2D eigenvalue weighted by molar-refractivity contribution is 5.98. The monoisotopic (exact) mass is 366 g/mol. The average Bonchev–Trinajstić information content (AvgIpc) is 3.18. The lowest BCUT2D eigenvalue weighted by Gasteiger charge is -2.09. The molecule has 0 bridgehead atoms. The Labute approximate surface area is 159 Å².